The fourth-order valence-corrected chi connectivity index (χ4v) is 4.64. The summed E-state index contributed by atoms with van der Waals surface area (Å²) < 4.78 is 37.4. The zero-order valence-corrected chi connectivity index (χ0v) is 13.9. The molecule has 1 amide bonds. The van der Waals surface area contributed by atoms with Crippen molar-refractivity contribution in [2.45, 2.75) is 43.4 Å². The van der Waals surface area contributed by atoms with E-state index in [0.29, 0.717) is 18.4 Å². The summed E-state index contributed by atoms with van der Waals surface area (Å²) in [7, 11) is -3.54. The SMILES string of the molecule is O=C(O)CC(NC(=O)CS(=O)(=O)C1CCCC1)c1ccc(F)cc1. The highest BCUT2D eigenvalue weighted by atomic mass is 32.2. The van der Waals surface area contributed by atoms with Gasteiger partial charge in [0, 0.05) is 0 Å². The summed E-state index contributed by atoms with van der Waals surface area (Å²) >= 11 is 0. The topological polar surface area (TPSA) is 101 Å². The number of benzene rings is 1. The minimum Gasteiger partial charge on any atom is -0.481 e. The molecule has 0 saturated heterocycles. The summed E-state index contributed by atoms with van der Waals surface area (Å²) in [6.07, 6.45) is 2.38. The summed E-state index contributed by atoms with van der Waals surface area (Å²) in [6, 6.07) is 4.15. The average molecular weight is 357 g/mol. The molecular weight excluding hydrogens is 337 g/mol. The van der Waals surface area contributed by atoms with Crippen LogP contribution in [0.4, 0.5) is 4.39 Å². The Hall–Kier alpha value is -1.96. The van der Waals surface area contributed by atoms with Gasteiger partial charge in [0.1, 0.15) is 11.6 Å². The summed E-state index contributed by atoms with van der Waals surface area (Å²) in [4.78, 5) is 23.1. The molecule has 1 aromatic carbocycles. The fourth-order valence-electron chi connectivity index (χ4n) is 2.91. The van der Waals surface area contributed by atoms with Crippen LogP contribution in [0, 0.1) is 5.82 Å². The average Bonchev–Trinajstić information content (AvgIpc) is 3.01. The third-order valence-corrected chi connectivity index (χ3v) is 6.28. The second-order valence-electron chi connectivity index (χ2n) is 5.98. The van der Waals surface area contributed by atoms with Gasteiger partial charge >= 0.3 is 5.97 Å². The van der Waals surface area contributed by atoms with E-state index in [1.54, 1.807) is 0 Å². The molecule has 0 radical (unpaired) electrons. The molecule has 0 heterocycles. The Kier molecular flexibility index (Phi) is 5.93. The quantitative estimate of drug-likeness (QED) is 0.775. The number of amides is 1. The van der Waals surface area contributed by atoms with Crippen LogP contribution >= 0.6 is 0 Å². The highest BCUT2D eigenvalue weighted by Crippen LogP contribution is 2.25. The standard InChI is InChI=1S/C16H20FNO5S/c17-12-7-5-11(6-8-12)14(9-16(20)21)18-15(19)10-24(22,23)13-3-1-2-4-13/h5-8,13-14H,1-4,9-10H2,(H,18,19)(H,20,21). The first-order valence-corrected chi connectivity index (χ1v) is 9.47. The van der Waals surface area contributed by atoms with E-state index in [0.717, 1.165) is 25.0 Å². The lowest BCUT2D eigenvalue weighted by atomic mass is 10.0. The molecule has 2 N–H and O–H groups in total. The Morgan fingerprint density at radius 1 is 1.21 bits per heavy atom. The number of hydrogen-bond acceptors (Lipinski definition) is 4. The largest absolute Gasteiger partial charge is 0.481 e. The van der Waals surface area contributed by atoms with E-state index in [-0.39, 0.29) is 0 Å². The van der Waals surface area contributed by atoms with E-state index in [1.165, 1.54) is 12.1 Å². The summed E-state index contributed by atoms with van der Waals surface area (Å²) in [5.41, 5.74) is 0.408. The van der Waals surface area contributed by atoms with Crippen molar-refractivity contribution >= 4 is 21.7 Å². The van der Waals surface area contributed by atoms with Crippen LogP contribution in [0.15, 0.2) is 24.3 Å². The van der Waals surface area contributed by atoms with Crippen molar-refractivity contribution in [2.24, 2.45) is 0 Å². The molecule has 0 bridgehead atoms. The van der Waals surface area contributed by atoms with Crippen LogP contribution in [-0.2, 0) is 19.4 Å². The maximum atomic E-state index is 13.0. The lowest BCUT2D eigenvalue weighted by Gasteiger charge is -2.18. The van der Waals surface area contributed by atoms with Crippen LogP contribution in [0.1, 0.15) is 43.7 Å². The first-order valence-electron chi connectivity index (χ1n) is 7.76. The molecule has 0 aromatic heterocycles. The smallest absolute Gasteiger partial charge is 0.305 e. The molecular formula is C16H20FNO5S. The molecule has 2 rings (SSSR count). The zero-order chi connectivity index (χ0) is 17.7. The normalized spacial score (nSPS) is 16.7. The lowest BCUT2D eigenvalue weighted by molar-refractivity contribution is -0.137. The summed E-state index contributed by atoms with van der Waals surface area (Å²) in [5.74, 6) is -3.03. The second-order valence-corrected chi connectivity index (χ2v) is 8.26. The minimum absolute atomic E-state index is 0.408. The van der Waals surface area contributed by atoms with Crippen molar-refractivity contribution in [3.8, 4) is 0 Å². The first-order chi connectivity index (χ1) is 11.3. The molecule has 1 aliphatic rings. The van der Waals surface area contributed by atoms with Gasteiger partial charge in [0.25, 0.3) is 0 Å². The van der Waals surface area contributed by atoms with Gasteiger partial charge in [0.2, 0.25) is 5.91 Å². The monoisotopic (exact) mass is 357 g/mol. The van der Waals surface area contributed by atoms with Crippen molar-refractivity contribution in [1.82, 2.24) is 5.32 Å². The number of carbonyl (C=O) groups is 2. The van der Waals surface area contributed by atoms with Gasteiger partial charge in [0.05, 0.1) is 17.7 Å². The van der Waals surface area contributed by atoms with Gasteiger partial charge in [0.15, 0.2) is 9.84 Å². The van der Waals surface area contributed by atoms with E-state index in [2.05, 4.69) is 5.32 Å². The van der Waals surface area contributed by atoms with Crippen LogP contribution < -0.4 is 5.32 Å². The second kappa shape index (κ2) is 7.74. The van der Waals surface area contributed by atoms with Gasteiger partial charge in [-0.1, -0.05) is 25.0 Å². The Morgan fingerprint density at radius 2 is 1.79 bits per heavy atom. The minimum atomic E-state index is -3.54. The van der Waals surface area contributed by atoms with E-state index in [9.17, 15) is 22.4 Å². The van der Waals surface area contributed by atoms with Crippen LogP contribution in [0.5, 0.6) is 0 Å². The Balaban J connectivity index is 2.06. The molecule has 24 heavy (non-hydrogen) atoms. The summed E-state index contributed by atoms with van der Waals surface area (Å²) in [6.45, 7) is 0. The van der Waals surface area contributed by atoms with E-state index >= 15 is 0 Å². The molecule has 1 fully saturated rings. The molecule has 1 saturated carbocycles. The van der Waals surface area contributed by atoms with Crippen LogP contribution in [-0.4, -0.2) is 36.4 Å². The Morgan fingerprint density at radius 3 is 2.33 bits per heavy atom. The maximum Gasteiger partial charge on any atom is 0.305 e. The Bertz CT molecular complexity index is 696. The highest BCUT2D eigenvalue weighted by molar-refractivity contribution is 7.92. The van der Waals surface area contributed by atoms with Crippen molar-refractivity contribution in [1.29, 1.82) is 0 Å². The molecule has 0 aliphatic heterocycles. The maximum absolute atomic E-state index is 13.0. The number of rotatable bonds is 7. The molecule has 132 valence electrons. The van der Waals surface area contributed by atoms with E-state index in [4.69, 9.17) is 5.11 Å². The van der Waals surface area contributed by atoms with Gasteiger partial charge < -0.3 is 10.4 Å². The van der Waals surface area contributed by atoms with Gasteiger partial charge in [-0.25, -0.2) is 12.8 Å². The van der Waals surface area contributed by atoms with Crippen LogP contribution in [0.2, 0.25) is 0 Å². The number of aliphatic carboxylic acids is 1. The number of halogens is 1. The third kappa shape index (κ3) is 5.02. The zero-order valence-electron chi connectivity index (χ0n) is 13.1. The van der Waals surface area contributed by atoms with Crippen molar-refractivity contribution in [2.75, 3.05) is 5.75 Å². The number of carboxylic acid groups (broad SMARTS) is 1. The van der Waals surface area contributed by atoms with Gasteiger partial charge in [-0.3, -0.25) is 9.59 Å². The number of hydrogen-bond donors (Lipinski definition) is 2. The highest BCUT2D eigenvalue weighted by Gasteiger charge is 2.31. The lowest BCUT2D eigenvalue weighted by Crippen LogP contribution is -2.37. The molecule has 1 aromatic rings. The van der Waals surface area contributed by atoms with Gasteiger partial charge in [-0.2, -0.15) is 0 Å². The molecule has 6 nitrogen and oxygen atoms in total. The van der Waals surface area contributed by atoms with E-state index in [1.807, 2.05) is 0 Å². The molecule has 0 spiro atoms. The van der Waals surface area contributed by atoms with Crippen molar-refractivity contribution in [3.63, 3.8) is 0 Å². The predicted octanol–water partition coefficient (Wildman–Crippen LogP) is 1.82. The van der Waals surface area contributed by atoms with Crippen LogP contribution in [0.3, 0.4) is 0 Å². The van der Waals surface area contributed by atoms with E-state index < -0.39 is 51.0 Å². The number of sulfone groups is 1. The number of carboxylic acids is 1. The van der Waals surface area contributed by atoms with Crippen molar-refractivity contribution < 1.29 is 27.5 Å². The fraction of sp³-hybridized carbons (Fsp3) is 0.500. The summed E-state index contributed by atoms with van der Waals surface area (Å²) in [5, 5.41) is 10.9. The third-order valence-electron chi connectivity index (χ3n) is 4.13. The Labute approximate surface area is 140 Å². The van der Waals surface area contributed by atoms with Gasteiger partial charge in [-0.05, 0) is 30.5 Å². The molecule has 1 unspecified atom stereocenters. The molecule has 1 aliphatic carbocycles. The molecule has 8 heteroatoms. The van der Waals surface area contributed by atoms with Crippen molar-refractivity contribution in [3.05, 3.63) is 35.6 Å². The number of carbonyl (C=O) groups excluding carboxylic acids is 1. The van der Waals surface area contributed by atoms with Gasteiger partial charge in [-0.15, -0.1) is 0 Å². The number of nitrogens with one attached hydrogen (secondary N) is 1. The predicted molar refractivity (Wildman–Crippen MR) is 85.6 cm³/mol. The van der Waals surface area contributed by atoms with Crippen LogP contribution in [0.25, 0.3) is 0 Å². The first kappa shape index (κ1) is 18.4. The molecule has 1 atom stereocenters.